The molecule has 0 radical (unpaired) electrons. The second kappa shape index (κ2) is 11.8. The molecule has 3 aliphatic rings. The van der Waals surface area contributed by atoms with Crippen molar-refractivity contribution >= 4 is 23.8 Å². The Bertz CT molecular complexity index is 1260. The number of ether oxygens (including phenoxy) is 2. The van der Waals surface area contributed by atoms with Gasteiger partial charge in [-0.3, -0.25) is 24.6 Å². The number of morpholine rings is 1. The fraction of sp³-hybridized carbons (Fsp3) is 0.429. The molecular formula is C28H32N4O7. The highest BCUT2D eigenvalue weighted by Gasteiger charge is 2.39. The van der Waals surface area contributed by atoms with Crippen LogP contribution < -0.4 is 15.4 Å². The molecule has 206 valence electrons. The Balaban J connectivity index is 1.34. The summed E-state index contributed by atoms with van der Waals surface area (Å²) in [5.41, 5.74) is 3.73. The third-order valence-corrected chi connectivity index (χ3v) is 7.33. The molecule has 2 fully saturated rings. The van der Waals surface area contributed by atoms with Crippen molar-refractivity contribution in [3.05, 3.63) is 64.2 Å². The Morgan fingerprint density at radius 2 is 1.82 bits per heavy atom. The second-order valence-electron chi connectivity index (χ2n) is 9.99. The predicted octanol–water partition coefficient (Wildman–Crippen LogP) is 2.02. The summed E-state index contributed by atoms with van der Waals surface area (Å²) < 4.78 is 11.7. The SMILES string of the molecule is O=C(O)NCc1ccc2c(c1OCc1ccc(CN3CCOCC3)cc1)CN(C1CCCC(=O)NC1=O)C2=O. The van der Waals surface area contributed by atoms with E-state index in [0.717, 1.165) is 38.4 Å². The number of imide groups is 1. The van der Waals surface area contributed by atoms with Gasteiger partial charge in [0.15, 0.2) is 0 Å². The number of amides is 4. The number of hydrogen-bond acceptors (Lipinski definition) is 7. The Hall–Kier alpha value is -3.96. The molecule has 3 aliphatic heterocycles. The van der Waals surface area contributed by atoms with Gasteiger partial charge in [0, 0.05) is 49.3 Å². The van der Waals surface area contributed by atoms with Crippen molar-refractivity contribution in [2.24, 2.45) is 0 Å². The Kier molecular flexibility index (Phi) is 8.08. The van der Waals surface area contributed by atoms with Crippen LogP contribution in [0.3, 0.4) is 0 Å². The molecular weight excluding hydrogens is 504 g/mol. The first-order chi connectivity index (χ1) is 18.9. The molecule has 0 aromatic heterocycles. The molecule has 4 amide bonds. The van der Waals surface area contributed by atoms with Gasteiger partial charge in [0.1, 0.15) is 18.4 Å². The summed E-state index contributed by atoms with van der Waals surface area (Å²) in [5, 5.41) is 13.9. The van der Waals surface area contributed by atoms with E-state index in [1.165, 1.54) is 10.5 Å². The van der Waals surface area contributed by atoms with Crippen molar-refractivity contribution in [2.45, 2.75) is 51.5 Å². The summed E-state index contributed by atoms with van der Waals surface area (Å²) >= 11 is 0. The maximum absolute atomic E-state index is 13.3. The average Bonchev–Trinajstić information content (AvgIpc) is 3.15. The molecule has 11 heteroatoms. The Morgan fingerprint density at radius 3 is 2.56 bits per heavy atom. The van der Waals surface area contributed by atoms with E-state index in [9.17, 15) is 19.2 Å². The molecule has 11 nitrogen and oxygen atoms in total. The predicted molar refractivity (Wildman–Crippen MR) is 139 cm³/mol. The number of nitrogens with zero attached hydrogens (tertiary/aromatic N) is 2. The van der Waals surface area contributed by atoms with E-state index >= 15 is 0 Å². The van der Waals surface area contributed by atoms with Crippen molar-refractivity contribution < 1.29 is 33.8 Å². The Labute approximate surface area is 226 Å². The standard InChI is InChI=1S/C28H32N4O7/c33-24-3-1-2-23(26(34)30-24)32-16-22-21(27(32)35)9-8-20(14-29-28(36)37)25(22)39-17-19-6-4-18(5-7-19)15-31-10-12-38-13-11-31/h4-9,23,29H,1-3,10-17H2,(H,36,37)(H,30,33,34). The zero-order chi connectivity index (χ0) is 27.4. The van der Waals surface area contributed by atoms with Crippen LogP contribution in [0, 0.1) is 0 Å². The van der Waals surface area contributed by atoms with Gasteiger partial charge in [-0.05, 0) is 30.0 Å². The Morgan fingerprint density at radius 1 is 1.08 bits per heavy atom. The van der Waals surface area contributed by atoms with Gasteiger partial charge < -0.3 is 24.8 Å². The molecule has 2 aromatic rings. The molecule has 0 aliphatic carbocycles. The van der Waals surface area contributed by atoms with Gasteiger partial charge in [0.25, 0.3) is 5.91 Å². The topological polar surface area (TPSA) is 138 Å². The lowest BCUT2D eigenvalue weighted by Crippen LogP contribution is -2.46. The highest BCUT2D eigenvalue weighted by atomic mass is 16.5. The number of rotatable bonds is 8. The normalized spacial score (nSPS) is 19.8. The summed E-state index contributed by atoms with van der Waals surface area (Å²) in [6.45, 7) is 4.52. The number of carboxylic acid groups (broad SMARTS) is 1. The molecule has 3 heterocycles. The van der Waals surface area contributed by atoms with Crippen LogP contribution in [0.1, 0.15) is 51.9 Å². The van der Waals surface area contributed by atoms with E-state index in [1.807, 2.05) is 12.1 Å². The maximum Gasteiger partial charge on any atom is 0.404 e. The van der Waals surface area contributed by atoms with Crippen LogP contribution in [-0.4, -0.2) is 71.1 Å². The molecule has 3 N–H and O–H groups in total. The van der Waals surface area contributed by atoms with Crippen LogP contribution in [-0.2, 0) is 40.6 Å². The van der Waals surface area contributed by atoms with Crippen LogP contribution in [0.15, 0.2) is 36.4 Å². The molecule has 2 aromatic carbocycles. The summed E-state index contributed by atoms with van der Waals surface area (Å²) in [5.74, 6) is -0.700. The first kappa shape index (κ1) is 26.6. The van der Waals surface area contributed by atoms with E-state index in [-0.39, 0.29) is 37.9 Å². The summed E-state index contributed by atoms with van der Waals surface area (Å²) in [6.07, 6.45) is -0.0459. The van der Waals surface area contributed by atoms with Gasteiger partial charge in [0.05, 0.1) is 19.8 Å². The largest absolute Gasteiger partial charge is 0.488 e. The monoisotopic (exact) mass is 536 g/mol. The zero-order valence-electron chi connectivity index (χ0n) is 21.6. The molecule has 0 spiro atoms. The lowest BCUT2D eigenvalue weighted by atomic mass is 10.0. The van der Waals surface area contributed by atoms with E-state index in [4.69, 9.17) is 14.6 Å². The highest BCUT2D eigenvalue weighted by Crippen LogP contribution is 2.36. The first-order valence-corrected chi connectivity index (χ1v) is 13.2. The van der Waals surface area contributed by atoms with Gasteiger partial charge in [0.2, 0.25) is 11.8 Å². The van der Waals surface area contributed by atoms with Gasteiger partial charge in [-0.2, -0.15) is 0 Å². The van der Waals surface area contributed by atoms with Crippen LogP contribution in [0.2, 0.25) is 0 Å². The number of fused-ring (bicyclic) bond motifs is 1. The smallest absolute Gasteiger partial charge is 0.404 e. The molecule has 5 rings (SSSR count). The third-order valence-electron chi connectivity index (χ3n) is 7.33. The minimum Gasteiger partial charge on any atom is -0.488 e. The minimum absolute atomic E-state index is 0.00302. The molecule has 2 saturated heterocycles. The summed E-state index contributed by atoms with van der Waals surface area (Å²) in [7, 11) is 0. The van der Waals surface area contributed by atoms with E-state index in [0.29, 0.717) is 35.3 Å². The van der Waals surface area contributed by atoms with Crippen molar-refractivity contribution in [1.29, 1.82) is 0 Å². The van der Waals surface area contributed by atoms with E-state index in [2.05, 4.69) is 27.7 Å². The van der Waals surface area contributed by atoms with E-state index < -0.39 is 18.0 Å². The number of benzene rings is 2. The third kappa shape index (κ3) is 6.21. The fourth-order valence-electron chi connectivity index (χ4n) is 5.25. The molecule has 39 heavy (non-hydrogen) atoms. The van der Waals surface area contributed by atoms with Crippen LogP contribution in [0.5, 0.6) is 5.75 Å². The van der Waals surface area contributed by atoms with Gasteiger partial charge in [-0.25, -0.2) is 4.79 Å². The van der Waals surface area contributed by atoms with Crippen molar-refractivity contribution in [1.82, 2.24) is 20.4 Å². The van der Waals surface area contributed by atoms with Crippen molar-refractivity contribution in [3.63, 3.8) is 0 Å². The summed E-state index contributed by atoms with van der Waals surface area (Å²) in [6, 6.07) is 10.7. The number of hydrogen-bond donors (Lipinski definition) is 3. The van der Waals surface area contributed by atoms with Crippen LogP contribution in [0.4, 0.5) is 4.79 Å². The fourth-order valence-corrected chi connectivity index (χ4v) is 5.25. The lowest BCUT2D eigenvalue weighted by Gasteiger charge is -2.26. The zero-order valence-corrected chi connectivity index (χ0v) is 21.6. The molecule has 1 unspecified atom stereocenters. The van der Waals surface area contributed by atoms with Crippen LogP contribution >= 0.6 is 0 Å². The second-order valence-corrected chi connectivity index (χ2v) is 9.99. The highest BCUT2D eigenvalue weighted by molar-refractivity contribution is 6.04. The van der Waals surface area contributed by atoms with Gasteiger partial charge in [-0.15, -0.1) is 0 Å². The number of carbonyl (C=O) groups is 4. The van der Waals surface area contributed by atoms with Gasteiger partial charge >= 0.3 is 6.09 Å². The molecule has 1 atom stereocenters. The van der Waals surface area contributed by atoms with Crippen molar-refractivity contribution in [2.75, 3.05) is 26.3 Å². The molecule has 0 bridgehead atoms. The maximum atomic E-state index is 13.3. The summed E-state index contributed by atoms with van der Waals surface area (Å²) in [4.78, 5) is 52.8. The first-order valence-electron chi connectivity index (χ1n) is 13.2. The van der Waals surface area contributed by atoms with E-state index in [1.54, 1.807) is 12.1 Å². The molecule has 0 saturated carbocycles. The van der Waals surface area contributed by atoms with Crippen molar-refractivity contribution in [3.8, 4) is 5.75 Å². The number of nitrogens with one attached hydrogen (secondary N) is 2. The van der Waals surface area contributed by atoms with Crippen LogP contribution in [0.25, 0.3) is 0 Å². The quantitative estimate of drug-likeness (QED) is 0.436. The number of carbonyl (C=O) groups excluding carboxylic acids is 3. The minimum atomic E-state index is -1.17. The average molecular weight is 537 g/mol. The lowest BCUT2D eigenvalue weighted by molar-refractivity contribution is -0.132. The van der Waals surface area contributed by atoms with Gasteiger partial charge in [-0.1, -0.05) is 30.3 Å².